The summed E-state index contributed by atoms with van der Waals surface area (Å²) in [5.41, 5.74) is 8.81. The molecule has 3 nitrogen and oxygen atoms in total. The van der Waals surface area contributed by atoms with Crippen molar-refractivity contribution in [1.29, 1.82) is 0 Å². The molecule has 272 valence electrons. The van der Waals surface area contributed by atoms with Gasteiger partial charge >= 0.3 is 0 Å². The molecule has 0 fully saturated rings. The van der Waals surface area contributed by atoms with Gasteiger partial charge in [-0.3, -0.25) is 0 Å². The highest BCUT2D eigenvalue weighted by Crippen LogP contribution is 2.38. The molecule has 0 atom stereocenters. The monoisotopic (exact) mass is 756 g/mol. The minimum Gasteiger partial charge on any atom is -0.456 e. The molecule has 0 saturated carbocycles. The highest BCUT2D eigenvalue weighted by atomic mass is 28.3. The van der Waals surface area contributed by atoms with Crippen molar-refractivity contribution in [2.45, 2.75) is 0 Å². The first-order valence-electron chi connectivity index (χ1n) is 19.9. The van der Waals surface area contributed by atoms with Crippen molar-refractivity contribution in [3.8, 4) is 11.4 Å². The predicted molar refractivity (Wildman–Crippen MR) is 246 cm³/mol. The number of rotatable bonds is 6. The van der Waals surface area contributed by atoms with E-state index in [0.717, 1.165) is 33.3 Å². The molecule has 3 aromatic heterocycles. The Kier molecular flexibility index (Phi) is 7.25. The zero-order valence-corrected chi connectivity index (χ0v) is 32.6. The Morgan fingerprint density at radius 3 is 1.36 bits per heavy atom. The number of fused-ring (bicyclic) bond motifs is 9. The molecular formula is C54H36N2OSi. The third kappa shape index (κ3) is 4.73. The molecule has 0 spiro atoms. The summed E-state index contributed by atoms with van der Waals surface area (Å²) in [4.78, 5) is 0. The maximum absolute atomic E-state index is 6.22. The van der Waals surface area contributed by atoms with E-state index < -0.39 is 8.07 Å². The van der Waals surface area contributed by atoms with Crippen molar-refractivity contribution >= 4 is 94.4 Å². The van der Waals surface area contributed by atoms with Gasteiger partial charge in [-0.15, -0.1) is 0 Å². The summed E-state index contributed by atoms with van der Waals surface area (Å²) in [6.07, 6.45) is 0. The van der Waals surface area contributed by atoms with Crippen molar-refractivity contribution in [3.05, 3.63) is 218 Å². The van der Waals surface area contributed by atoms with Crippen molar-refractivity contribution < 1.29 is 4.42 Å². The average molecular weight is 757 g/mol. The van der Waals surface area contributed by atoms with E-state index in [1.165, 1.54) is 64.4 Å². The number of benzene rings is 9. The van der Waals surface area contributed by atoms with Crippen LogP contribution in [0.25, 0.3) is 76.9 Å². The Morgan fingerprint density at radius 2 is 0.724 bits per heavy atom. The van der Waals surface area contributed by atoms with E-state index in [1.54, 1.807) is 0 Å². The maximum atomic E-state index is 6.22. The van der Waals surface area contributed by atoms with E-state index in [0.29, 0.717) is 0 Å². The third-order valence-electron chi connectivity index (χ3n) is 12.3. The van der Waals surface area contributed by atoms with Crippen LogP contribution in [-0.4, -0.2) is 17.2 Å². The van der Waals surface area contributed by atoms with Gasteiger partial charge in [-0.2, -0.15) is 0 Å². The Labute approximate surface area is 336 Å². The van der Waals surface area contributed by atoms with Crippen LogP contribution in [0, 0.1) is 0 Å². The molecule has 0 unspecified atom stereocenters. The zero-order chi connectivity index (χ0) is 38.2. The lowest BCUT2D eigenvalue weighted by Crippen LogP contribution is -2.74. The van der Waals surface area contributed by atoms with Crippen LogP contribution in [0.3, 0.4) is 0 Å². The maximum Gasteiger partial charge on any atom is 0.179 e. The Morgan fingerprint density at radius 1 is 0.276 bits per heavy atom. The molecule has 0 aliphatic heterocycles. The highest BCUT2D eigenvalue weighted by Gasteiger charge is 2.41. The summed E-state index contributed by atoms with van der Waals surface area (Å²) >= 11 is 0. The summed E-state index contributed by atoms with van der Waals surface area (Å²) in [5.74, 6) is 0. The average Bonchev–Trinajstić information content (AvgIpc) is 3.95. The molecular weight excluding hydrogens is 721 g/mol. The molecule has 0 N–H and O–H groups in total. The fraction of sp³-hybridized carbons (Fsp3) is 0. The number of furan rings is 1. The largest absolute Gasteiger partial charge is 0.456 e. The standard InChI is InChI=1S/C54H36N2OSi/c1-4-16-39(17-5-1)58(40-18-6-2-7-19-40,41-20-8-3-9-21-41)42-30-31-45-43-22-10-13-25-49(43)56(52(45)36-42)37-28-32-51-47(34-37)44-23-11-14-26-50(44)55(51)38-29-33-54-48(35-38)46-24-12-15-27-53(46)57-54/h1-36H. The van der Waals surface area contributed by atoms with E-state index in [9.17, 15) is 0 Å². The minimum atomic E-state index is -2.76. The van der Waals surface area contributed by atoms with Crippen LogP contribution in [0.15, 0.2) is 223 Å². The Hall–Kier alpha value is -7.40. The predicted octanol–water partition coefficient (Wildman–Crippen LogP) is 11.2. The number of para-hydroxylation sites is 3. The zero-order valence-electron chi connectivity index (χ0n) is 31.6. The smallest absolute Gasteiger partial charge is 0.179 e. The summed E-state index contributed by atoms with van der Waals surface area (Å²) < 4.78 is 11.1. The fourth-order valence-corrected chi connectivity index (χ4v) is 14.5. The van der Waals surface area contributed by atoms with Crippen LogP contribution in [-0.2, 0) is 0 Å². The van der Waals surface area contributed by atoms with Crippen LogP contribution in [0.4, 0.5) is 0 Å². The van der Waals surface area contributed by atoms with Crippen molar-refractivity contribution in [2.75, 3.05) is 0 Å². The van der Waals surface area contributed by atoms with Crippen molar-refractivity contribution in [1.82, 2.24) is 9.13 Å². The molecule has 12 rings (SSSR count). The molecule has 9 aromatic carbocycles. The van der Waals surface area contributed by atoms with Crippen molar-refractivity contribution in [2.24, 2.45) is 0 Å². The van der Waals surface area contributed by atoms with Crippen LogP contribution in [0.1, 0.15) is 0 Å². The van der Waals surface area contributed by atoms with Crippen LogP contribution in [0.2, 0.25) is 0 Å². The van der Waals surface area contributed by atoms with Gasteiger partial charge in [-0.25, -0.2) is 0 Å². The quantitative estimate of drug-likeness (QED) is 0.122. The van der Waals surface area contributed by atoms with E-state index in [4.69, 9.17) is 4.42 Å². The van der Waals surface area contributed by atoms with Gasteiger partial charge < -0.3 is 13.6 Å². The Balaban J connectivity index is 1.12. The van der Waals surface area contributed by atoms with Gasteiger partial charge in [-0.1, -0.05) is 158 Å². The normalized spacial score (nSPS) is 12.1. The van der Waals surface area contributed by atoms with Crippen LogP contribution in [0.5, 0.6) is 0 Å². The number of hydrogen-bond acceptors (Lipinski definition) is 1. The number of aromatic nitrogens is 2. The molecule has 12 aromatic rings. The highest BCUT2D eigenvalue weighted by molar-refractivity contribution is 7.20. The molecule has 4 heteroatoms. The summed E-state index contributed by atoms with van der Waals surface area (Å²) in [5, 5.41) is 12.6. The lowest BCUT2D eigenvalue weighted by molar-refractivity contribution is 0.669. The van der Waals surface area contributed by atoms with Crippen LogP contribution < -0.4 is 20.7 Å². The first kappa shape index (κ1) is 32.8. The van der Waals surface area contributed by atoms with Crippen molar-refractivity contribution in [3.63, 3.8) is 0 Å². The van der Waals surface area contributed by atoms with Gasteiger partial charge in [0, 0.05) is 43.7 Å². The second kappa shape index (κ2) is 12.8. The van der Waals surface area contributed by atoms with Gasteiger partial charge in [0.25, 0.3) is 0 Å². The molecule has 0 bridgehead atoms. The SMILES string of the molecule is c1ccc([Si](c2ccccc2)(c2ccccc2)c2ccc3c4ccccc4n(-c4ccc5c(c4)c4ccccc4n5-c4ccc5oc6ccccc6c5c4)c3c2)cc1. The molecule has 0 aliphatic rings. The first-order chi connectivity index (χ1) is 28.8. The Bertz CT molecular complexity index is 3410. The van der Waals surface area contributed by atoms with Gasteiger partial charge in [0.1, 0.15) is 11.2 Å². The summed E-state index contributed by atoms with van der Waals surface area (Å²) in [6.45, 7) is 0. The molecule has 0 radical (unpaired) electrons. The van der Waals surface area contributed by atoms with Gasteiger partial charge in [0.2, 0.25) is 0 Å². The third-order valence-corrected chi connectivity index (χ3v) is 17.0. The van der Waals surface area contributed by atoms with E-state index in [1.807, 2.05) is 12.1 Å². The summed E-state index contributed by atoms with van der Waals surface area (Å²) in [6, 6.07) is 80.4. The lowest BCUT2D eigenvalue weighted by Gasteiger charge is -2.34. The second-order valence-corrected chi connectivity index (χ2v) is 19.1. The number of hydrogen-bond donors (Lipinski definition) is 0. The van der Waals surface area contributed by atoms with E-state index in [2.05, 4.69) is 215 Å². The first-order valence-corrected chi connectivity index (χ1v) is 21.9. The molecule has 0 aliphatic carbocycles. The molecule has 0 amide bonds. The van der Waals surface area contributed by atoms with Gasteiger partial charge in [-0.05, 0) is 81.4 Å². The summed E-state index contributed by atoms with van der Waals surface area (Å²) in [7, 11) is -2.76. The second-order valence-electron chi connectivity index (χ2n) is 15.3. The molecule has 3 heterocycles. The molecule has 58 heavy (non-hydrogen) atoms. The van der Waals surface area contributed by atoms with E-state index >= 15 is 0 Å². The molecule has 0 saturated heterocycles. The minimum absolute atomic E-state index is 0.901. The fourth-order valence-electron chi connectivity index (χ4n) is 9.78. The topological polar surface area (TPSA) is 23.0 Å². The lowest BCUT2D eigenvalue weighted by atomic mass is 10.1. The number of nitrogens with zero attached hydrogens (tertiary/aromatic N) is 2. The van der Waals surface area contributed by atoms with Gasteiger partial charge in [0.15, 0.2) is 8.07 Å². The van der Waals surface area contributed by atoms with Crippen LogP contribution >= 0.6 is 0 Å². The van der Waals surface area contributed by atoms with Gasteiger partial charge in [0.05, 0.1) is 22.1 Å². The van der Waals surface area contributed by atoms with E-state index in [-0.39, 0.29) is 0 Å².